The van der Waals surface area contributed by atoms with Crippen LogP contribution in [0.3, 0.4) is 0 Å². The number of carbonyl (C=O) groups excluding carboxylic acids is 3. The largest absolute Gasteiger partial charge is 0.465 e. The SMILES string of the molecule is Cc1ncsc1-c1ccc([C@H](C)NC(=O)[C@@H]2C[C@@H](O)CN2C(=O)C(NC(=O)c2ccnc(N3CCN(C(=O)O)CC3)c2)C(C)(C)C)cc1. The second-order valence-corrected chi connectivity index (χ2v) is 14.3. The van der Waals surface area contributed by atoms with Crippen LogP contribution in [0.2, 0.25) is 0 Å². The van der Waals surface area contributed by atoms with E-state index in [9.17, 15) is 29.4 Å². The van der Waals surface area contributed by atoms with Crippen molar-refractivity contribution >= 4 is 41.0 Å². The fourth-order valence-corrected chi connectivity index (χ4v) is 6.90. The van der Waals surface area contributed by atoms with E-state index in [2.05, 4.69) is 20.6 Å². The van der Waals surface area contributed by atoms with Crippen molar-refractivity contribution in [2.75, 3.05) is 37.6 Å². The van der Waals surface area contributed by atoms with Crippen LogP contribution in [-0.2, 0) is 9.59 Å². The number of nitrogens with one attached hydrogen (secondary N) is 2. The van der Waals surface area contributed by atoms with E-state index >= 15 is 0 Å². The molecule has 2 aromatic heterocycles. The highest BCUT2D eigenvalue weighted by atomic mass is 32.1. The molecule has 0 radical (unpaired) electrons. The van der Waals surface area contributed by atoms with Crippen molar-refractivity contribution in [2.24, 2.45) is 5.41 Å². The molecule has 4 amide bonds. The molecule has 2 aliphatic heterocycles. The van der Waals surface area contributed by atoms with Crippen molar-refractivity contribution in [3.8, 4) is 10.4 Å². The first kappa shape index (κ1) is 34.8. The molecule has 0 spiro atoms. The van der Waals surface area contributed by atoms with Gasteiger partial charge in [-0.15, -0.1) is 11.3 Å². The fraction of sp³-hybridized carbons (Fsp3) is 0.471. The number of carboxylic acid groups (broad SMARTS) is 1. The van der Waals surface area contributed by atoms with Crippen molar-refractivity contribution in [3.05, 3.63) is 64.9 Å². The van der Waals surface area contributed by atoms with Gasteiger partial charge in [0.15, 0.2) is 0 Å². The van der Waals surface area contributed by atoms with Gasteiger partial charge in [-0.3, -0.25) is 14.4 Å². The number of piperazine rings is 1. The lowest BCUT2D eigenvalue weighted by molar-refractivity contribution is -0.142. The molecular weight excluding hydrogens is 634 g/mol. The predicted molar refractivity (Wildman–Crippen MR) is 182 cm³/mol. The maximum atomic E-state index is 14.1. The van der Waals surface area contributed by atoms with Crippen LogP contribution in [0.4, 0.5) is 10.6 Å². The van der Waals surface area contributed by atoms with Gasteiger partial charge in [0.25, 0.3) is 5.91 Å². The first-order valence-corrected chi connectivity index (χ1v) is 16.9. The third-order valence-corrected chi connectivity index (χ3v) is 9.89. The number of carbonyl (C=O) groups is 4. The number of benzene rings is 1. The number of aromatic nitrogens is 2. The number of anilines is 1. The number of hydrogen-bond acceptors (Lipinski definition) is 9. The van der Waals surface area contributed by atoms with Gasteiger partial charge in [-0.05, 0) is 42.5 Å². The minimum atomic E-state index is -0.999. The summed E-state index contributed by atoms with van der Waals surface area (Å²) in [5, 5.41) is 25.7. The maximum absolute atomic E-state index is 14.1. The zero-order valence-electron chi connectivity index (χ0n) is 27.8. The van der Waals surface area contributed by atoms with Gasteiger partial charge in [0.05, 0.1) is 28.2 Å². The van der Waals surface area contributed by atoms with Gasteiger partial charge >= 0.3 is 6.09 Å². The standard InChI is InChI=1S/C34H43N7O6S/c1-20(22-6-8-23(9-7-22)28-21(2)36-19-48-28)37-31(44)26-17-25(42)18-41(26)32(45)29(34(3,4)5)38-30(43)24-10-11-35-27(16-24)39-12-14-40(15-13-39)33(46)47/h6-11,16,19-20,25-26,29,42H,12-15,17-18H2,1-5H3,(H,37,44)(H,38,43)(H,46,47)/t20-,25+,26-,29?/m0/s1. The molecule has 0 saturated carbocycles. The summed E-state index contributed by atoms with van der Waals surface area (Å²) in [5.74, 6) is -0.783. The van der Waals surface area contributed by atoms with E-state index in [1.807, 2.05) is 69.3 Å². The Hall–Kier alpha value is -4.56. The molecule has 2 saturated heterocycles. The van der Waals surface area contributed by atoms with Gasteiger partial charge in [-0.25, -0.2) is 14.8 Å². The second-order valence-electron chi connectivity index (χ2n) is 13.4. The molecule has 2 fully saturated rings. The number of pyridine rings is 1. The van der Waals surface area contributed by atoms with Gasteiger partial charge in [-0.2, -0.15) is 0 Å². The lowest BCUT2D eigenvalue weighted by Crippen LogP contribution is -2.57. The van der Waals surface area contributed by atoms with Crippen molar-refractivity contribution in [2.45, 2.75) is 65.3 Å². The van der Waals surface area contributed by atoms with E-state index in [1.165, 1.54) is 16.0 Å². The lowest BCUT2D eigenvalue weighted by Gasteiger charge is -2.36. The van der Waals surface area contributed by atoms with Crippen LogP contribution < -0.4 is 15.5 Å². The minimum absolute atomic E-state index is 0.0294. The number of hydrogen-bond donors (Lipinski definition) is 4. The highest BCUT2D eigenvalue weighted by molar-refractivity contribution is 7.13. The smallest absolute Gasteiger partial charge is 0.407 e. The summed E-state index contributed by atoms with van der Waals surface area (Å²) < 4.78 is 0. The number of β-amino-alcohol motifs (C(OH)–C–C–N with tert-alkyl or cyclic N) is 1. The summed E-state index contributed by atoms with van der Waals surface area (Å²) in [7, 11) is 0. The summed E-state index contributed by atoms with van der Waals surface area (Å²) in [6.45, 7) is 10.8. The minimum Gasteiger partial charge on any atom is -0.465 e. The molecule has 0 bridgehead atoms. The normalized spacial score (nSPS) is 19.5. The Bertz CT molecular complexity index is 1650. The maximum Gasteiger partial charge on any atom is 0.407 e. The van der Waals surface area contributed by atoms with E-state index in [-0.39, 0.29) is 24.9 Å². The molecule has 5 rings (SSSR count). The Morgan fingerprint density at radius 2 is 1.69 bits per heavy atom. The van der Waals surface area contributed by atoms with E-state index < -0.39 is 41.5 Å². The lowest BCUT2D eigenvalue weighted by atomic mass is 9.85. The molecule has 14 heteroatoms. The number of aliphatic hydroxyl groups excluding tert-OH is 1. The highest BCUT2D eigenvalue weighted by Gasteiger charge is 2.44. The van der Waals surface area contributed by atoms with Gasteiger partial charge in [0.1, 0.15) is 17.9 Å². The first-order valence-electron chi connectivity index (χ1n) is 16.0. The number of amides is 4. The van der Waals surface area contributed by atoms with Gasteiger partial charge in [-0.1, -0.05) is 45.0 Å². The number of thiazole rings is 1. The van der Waals surface area contributed by atoms with Crippen LogP contribution in [0.1, 0.15) is 61.8 Å². The monoisotopic (exact) mass is 677 g/mol. The number of likely N-dealkylation sites (tertiary alicyclic amines) is 1. The van der Waals surface area contributed by atoms with E-state index in [0.717, 1.165) is 21.7 Å². The Balaban J connectivity index is 1.26. The molecule has 1 aromatic carbocycles. The Labute approximate surface area is 284 Å². The predicted octanol–water partition coefficient (Wildman–Crippen LogP) is 3.30. The van der Waals surface area contributed by atoms with Crippen LogP contribution in [-0.4, -0.2) is 105 Å². The molecule has 256 valence electrons. The second kappa shape index (κ2) is 14.3. The summed E-state index contributed by atoms with van der Waals surface area (Å²) in [5.41, 5.74) is 4.28. The van der Waals surface area contributed by atoms with E-state index in [4.69, 9.17) is 0 Å². The number of aliphatic hydroxyl groups is 1. The summed E-state index contributed by atoms with van der Waals surface area (Å²) in [4.78, 5) is 66.9. The van der Waals surface area contributed by atoms with Gasteiger partial charge < -0.3 is 35.5 Å². The molecule has 0 aliphatic carbocycles. The fourth-order valence-electron chi connectivity index (χ4n) is 6.09. The van der Waals surface area contributed by atoms with Crippen LogP contribution in [0, 0.1) is 12.3 Å². The van der Waals surface area contributed by atoms with E-state index in [0.29, 0.717) is 37.6 Å². The Kier molecular flexibility index (Phi) is 10.3. The molecule has 4 N–H and O–H groups in total. The number of rotatable bonds is 8. The average molecular weight is 678 g/mol. The Morgan fingerprint density at radius 1 is 1.00 bits per heavy atom. The molecule has 1 unspecified atom stereocenters. The molecule has 13 nitrogen and oxygen atoms in total. The molecule has 4 heterocycles. The van der Waals surface area contributed by atoms with Gasteiger partial charge in [0, 0.05) is 50.9 Å². The molecule has 48 heavy (non-hydrogen) atoms. The van der Waals surface area contributed by atoms with Crippen molar-refractivity contribution < 1.29 is 29.4 Å². The molecule has 3 aromatic rings. The first-order chi connectivity index (χ1) is 22.7. The van der Waals surface area contributed by atoms with Crippen LogP contribution >= 0.6 is 11.3 Å². The quantitative estimate of drug-likeness (QED) is 0.280. The zero-order chi connectivity index (χ0) is 34.7. The summed E-state index contributed by atoms with van der Waals surface area (Å²) in [6, 6.07) is 8.82. The van der Waals surface area contributed by atoms with Gasteiger partial charge in [0.2, 0.25) is 11.8 Å². The van der Waals surface area contributed by atoms with Crippen molar-refractivity contribution in [1.29, 1.82) is 0 Å². The zero-order valence-corrected chi connectivity index (χ0v) is 28.7. The third-order valence-electron chi connectivity index (χ3n) is 8.91. The Morgan fingerprint density at radius 3 is 2.29 bits per heavy atom. The number of aryl methyl sites for hydroxylation is 1. The number of nitrogens with zero attached hydrogens (tertiary/aromatic N) is 5. The third kappa shape index (κ3) is 7.76. The summed E-state index contributed by atoms with van der Waals surface area (Å²) >= 11 is 1.57. The summed E-state index contributed by atoms with van der Waals surface area (Å²) in [6.07, 6.45) is -0.265. The topological polar surface area (TPSA) is 168 Å². The van der Waals surface area contributed by atoms with Crippen molar-refractivity contribution in [3.63, 3.8) is 0 Å². The van der Waals surface area contributed by atoms with Crippen LogP contribution in [0.5, 0.6) is 0 Å². The average Bonchev–Trinajstić information content (AvgIpc) is 3.68. The highest BCUT2D eigenvalue weighted by Crippen LogP contribution is 2.30. The van der Waals surface area contributed by atoms with Crippen LogP contribution in [0.15, 0.2) is 48.1 Å². The van der Waals surface area contributed by atoms with Crippen LogP contribution in [0.25, 0.3) is 10.4 Å². The molecule has 4 atom stereocenters. The molecule has 2 aliphatic rings. The van der Waals surface area contributed by atoms with E-state index in [1.54, 1.807) is 23.5 Å². The molecular formula is C34H43N7O6S. The van der Waals surface area contributed by atoms with Crippen molar-refractivity contribution in [1.82, 2.24) is 30.4 Å².